The van der Waals surface area contributed by atoms with Crippen LogP contribution in [0.2, 0.25) is 0 Å². The Morgan fingerprint density at radius 1 is 1.59 bits per heavy atom. The molecule has 0 amide bonds. The van der Waals surface area contributed by atoms with Crippen molar-refractivity contribution in [3.8, 4) is 6.07 Å². The quantitative estimate of drug-likeness (QED) is 0.637. The Morgan fingerprint density at radius 3 is 2.71 bits per heavy atom. The molecule has 17 heavy (non-hydrogen) atoms. The molecule has 0 bridgehead atoms. The maximum Gasteiger partial charge on any atom is 0.287 e. The minimum atomic E-state index is -0.549. The highest BCUT2D eigenvalue weighted by Crippen LogP contribution is 2.25. The molecule has 0 aromatic heterocycles. The molecule has 1 aromatic carbocycles. The zero-order valence-corrected chi connectivity index (χ0v) is 9.88. The van der Waals surface area contributed by atoms with Crippen molar-refractivity contribution in [1.29, 1.82) is 5.26 Å². The van der Waals surface area contributed by atoms with E-state index >= 15 is 0 Å². The smallest absolute Gasteiger partial charge is 0.287 e. The predicted molar refractivity (Wildman–Crippen MR) is 64.5 cm³/mol. The van der Waals surface area contributed by atoms with Gasteiger partial charge in [-0.2, -0.15) is 5.26 Å². The minimum absolute atomic E-state index is 0.0111. The Hall–Kier alpha value is -1.93. The van der Waals surface area contributed by atoms with Crippen LogP contribution in [0.3, 0.4) is 0 Å². The SMILES string of the molecule is CCC(N)C(C)c1ccc([N+](=O)[O-])c(C#N)c1. The number of nitrogens with two attached hydrogens (primary N) is 1. The van der Waals surface area contributed by atoms with Crippen LogP contribution in [-0.2, 0) is 0 Å². The normalized spacial score (nSPS) is 13.8. The minimum Gasteiger partial charge on any atom is -0.327 e. The summed E-state index contributed by atoms with van der Waals surface area (Å²) in [5.41, 5.74) is 6.71. The van der Waals surface area contributed by atoms with Crippen molar-refractivity contribution in [2.24, 2.45) is 5.73 Å². The summed E-state index contributed by atoms with van der Waals surface area (Å²) in [6.07, 6.45) is 0.819. The Morgan fingerprint density at radius 2 is 2.24 bits per heavy atom. The summed E-state index contributed by atoms with van der Waals surface area (Å²) in [5, 5.41) is 19.6. The molecule has 5 heteroatoms. The fourth-order valence-corrected chi connectivity index (χ4v) is 1.69. The van der Waals surface area contributed by atoms with Crippen LogP contribution in [0.25, 0.3) is 0 Å². The number of hydrogen-bond donors (Lipinski definition) is 1. The Balaban J connectivity index is 3.15. The van der Waals surface area contributed by atoms with E-state index in [9.17, 15) is 10.1 Å². The van der Waals surface area contributed by atoms with Gasteiger partial charge in [-0.3, -0.25) is 10.1 Å². The summed E-state index contributed by atoms with van der Waals surface area (Å²) < 4.78 is 0. The molecule has 0 heterocycles. The van der Waals surface area contributed by atoms with Crippen LogP contribution in [0.5, 0.6) is 0 Å². The first-order valence-corrected chi connectivity index (χ1v) is 5.45. The molecule has 0 saturated heterocycles. The van der Waals surface area contributed by atoms with Crippen LogP contribution in [0.4, 0.5) is 5.69 Å². The molecule has 90 valence electrons. The number of nitro groups is 1. The molecule has 0 fully saturated rings. The van der Waals surface area contributed by atoms with Crippen molar-refractivity contribution in [2.45, 2.75) is 32.2 Å². The van der Waals surface area contributed by atoms with Gasteiger partial charge in [-0.05, 0) is 24.0 Å². The lowest BCUT2D eigenvalue weighted by atomic mass is 9.91. The molecule has 0 radical (unpaired) electrons. The fraction of sp³-hybridized carbons (Fsp3) is 0.417. The number of nitro benzene ring substituents is 1. The summed E-state index contributed by atoms with van der Waals surface area (Å²) in [7, 11) is 0. The molecule has 1 rings (SSSR count). The van der Waals surface area contributed by atoms with E-state index in [1.54, 1.807) is 12.1 Å². The first-order valence-electron chi connectivity index (χ1n) is 5.45. The van der Waals surface area contributed by atoms with Crippen molar-refractivity contribution < 1.29 is 4.92 Å². The molecule has 0 spiro atoms. The van der Waals surface area contributed by atoms with E-state index in [0.29, 0.717) is 0 Å². The van der Waals surface area contributed by atoms with Gasteiger partial charge in [-0.25, -0.2) is 0 Å². The Bertz CT molecular complexity index is 465. The van der Waals surface area contributed by atoms with Gasteiger partial charge in [0.25, 0.3) is 5.69 Å². The third-order valence-corrected chi connectivity index (χ3v) is 2.98. The third kappa shape index (κ3) is 2.80. The summed E-state index contributed by atoms with van der Waals surface area (Å²) in [6.45, 7) is 3.94. The van der Waals surface area contributed by atoms with Crippen molar-refractivity contribution >= 4 is 5.69 Å². The summed E-state index contributed by atoms with van der Waals surface area (Å²) >= 11 is 0. The molecular formula is C12H15N3O2. The lowest BCUT2D eigenvalue weighted by molar-refractivity contribution is -0.385. The van der Waals surface area contributed by atoms with Crippen LogP contribution < -0.4 is 5.73 Å². The highest BCUT2D eigenvalue weighted by Gasteiger charge is 2.18. The molecule has 2 N–H and O–H groups in total. The second-order valence-corrected chi connectivity index (χ2v) is 4.01. The predicted octanol–water partition coefficient (Wildman–Crippen LogP) is 2.31. The first-order chi connectivity index (χ1) is 8.01. The Labute approximate surface area is 100 Å². The van der Waals surface area contributed by atoms with Gasteiger partial charge in [0.2, 0.25) is 0 Å². The molecule has 5 nitrogen and oxygen atoms in total. The van der Waals surface area contributed by atoms with Crippen LogP contribution in [0.1, 0.15) is 37.3 Å². The molecule has 0 aliphatic heterocycles. The number of hydrogen-bond acceptors (Lipinski definition) is 4. The average Bonchev–Trinajstić information content (AvgIpc) is 2.35. The van der Waals surface area contributed by atoms with Crippen molar-refractivity contribution in [2.75, 3.05) is 0 Å². The van der Waals surface area contributed by atoms with Crippen molar-refractivity contribution in [3.63, 3.8) is 0 Å². The van der Waals surface area contributed by atoms with Gasteiger partial charge >= 0.3 is 0 Å². The fourth-order valence-electron chi connectivity index (χ4n) is 1.69. The average molecular weight is 233 g/mol. The highest BCUT2D eigenvalue weighted by molar-refractivity contribution is 5.51. The van der Waals surface area contributed by atoms with E-state index in [1.807, 2.05) is 19.9 Å². The number of nitrogens with zero attached hydrogens (tertiary/aromatic N) is 2. The molecular weight excluding hydrogens is 218 g/mol. The highest BCUT2D eigenvalue weighted by atomic mass is 16.6. The lowest BCUT2D eigenvalue weighted by Gasteiger charge is -2.18. The van der Waals surface area contributed by atoms with Gasteiger partial charge in [0.05, 0.1) is 4.92 Å². The van der Waals surface area contributed by atoms with E-state index in [0.717, 1.165) is 12.0 Å². The number of rotatable bonds is 4. The van der Waals surface area contributed by atoms with E-state index < -0.39 is 4.92 Å². The van der Waals surface area contributed by atoms with Crippen molar-refractivity contribution in [1.82, 2.24) is 0 Å². The summed E-state index contributed by atoms with van der Waals surface area (Å²) in [4.78, 5) is 10.1. The van der Waals surface area contributed by atoms with Gasteiger partial charge in [0.15, 0.2) is 0 Å². The van der Waals surface area contributed by atoms with Crippen molar-refractivity contribution in [3.05, 3.63) is 39.4 Å². The van der Waals surface area contributed by atoms with Gasteiger partial charge in [0.1, 0.15) is 11.6 Å². The topological polar surface area (TPSA) is 92.9 Å². The van der Waals surface area contributed by atoms with Crippen LogP contribution in [-0.4, -0.2) is 11.0 Å². The summed E-state index contributed by atoms with van der Waals surface area (Å²) in [5.74, 6) is 0.0768. The van der Waals surface area contributed by atoms with Gasteiger partial charge in [0, 0.05) is 12.1 Å². The monoisotopic (exact) mass is 233 g/mol. The standard InChI is InChI=1S/C12H15N3O2/c1-3-11(14)8(2)9-4-5-12(15(16)17)10(6-9)7-13/h4-6,8,11H,3,14H2,1-2H3. The van der Waals surface area contributed by atoms with Crippen LogP contribution in [0, 0.1) is 21.4 Å². The number of benzene rings is 1. The maximum atomic E-state index is 10.7. The lowest BCUT2D eigenvalue weighted by Crippen LogP contribution is -2.25. The molecule has 1 aromatic rings. The molecule has 0 aliphatic rings. The molecule has 2 atom stereocenters. The largest absolute Gasteiger partial charge is 0.327 e. The first kappa shape index (κ1) is 13.1. The van der Waals surface area contributed by atoms with Crippen LogP contribution >= 0.6 is 0 Å². The molecule has 0 saturated carbocycles. The van der Waals surface area contributed by atoms with Gasteiger partial charge < -0.3 is 5.73 Å². The number of nitriles is 1. The zero-order valence-electron chi connectivity index (χ0n) is 9.88. The zero-order chi connectivity index (χ0) is 13.0. The Kier molecular flexibility index (Phi) is 4.18. The van der Waals surface area contributed by atoms with E-state index in [1.165, 1.54) is 6.07 Å². The van der Waals surface area contributed by atoms with E-state index in [-0.39, 0.29) is 23.2 Å². The third-order valence-electron chi connectivity index (χ3n) is 2.98. The molecule has 2 unspecified atom stereocenters. The van der Waals surface area contributed by atoms with Gasteiger partial charge in [-0.15, -0.1) is 0 Å². The summed E-state index contributed by atoms with van der Waals surface area (Å²) in [6, 6.07) is 6.42. The van der Waals surface area contributed by atoms with E-state index in [2.05, 4.69) is 0 Å². The van der Waals surface area contributed by atoms with Gasteiger partial charge in [-0.1, -0.05) is 19.9 Å². The second-order valence-electron chi connectivity index (χ2n) is 4.01. The maximum absolute atomic E-state index is 10.7. The molecule has 0 aliphatic carbocycles. The van der Waals surface area contributed by atoms with E-state index in [4.69, 9.17) is 11.0 Å². The van der Waals surface area contributed by atoms with Crippen LogP contribution in [0.15, 0.2) is 18.2 Å². The second kappa shape index (κ2) is 5.41.